The van der Waals surface area contributed by atoms with Gasteiger partial charge in [-0.2, -0.15) is 0 Å². The van der Waals surface area contributed by atoms with E-state index in [1.165, 1.54) is 0 Å². The van der Waals surface area contributed by atoms with Crippen molar-refractivity contribution in [3.63, 3.8) is 0 Å². The number of hydrogen-bond donors (Lipinski definition) is 2. The first-order valence-corrected chi connectivity index (χ1v) is 5.99. The molecule has 1 saturated heterocycles. The number of carboxylic acid groups (broad SMARTS) is 1. The van der Waals surface area contributed by atoms with E-state index >= 15 is 0 Å². The van der Waals surface area contributed by atoms with Crippen molar-refractivity contribution in [1.29, 1.82) is 0 Å². The molecule has 0 aliphatic carbocycles. The number of carbonyl (C=O) groups is 1. The largest absolute Gasteiger partial charge is 0.478 e. The topological polar surface area (TPSA) is 58.6 Å². The summed E-state index contributed by atoms with van der Waals surface area (Å²) in [5.41, 5.74) is -1.14. The normalized spacial score (nSPS) is 18.1. The highest BCUT2D eigenvalue weighted by molar-refractivity contribution is 5.88. The van der Waals surface area contributed by atoms with E-state index in [9.17, 15) is 13.6 Å². The van der Waals surface area contributed by atoms with Gasteiger partial charge in [0.05, 0.1) is 5.56 Å². The summed E-state index contributed by atoms with van der Waals surface area (Å²) in [5.74, 6) is -3.16. The summed E-state index contributed by atoms with van der Waals surface area (Å²) in [7, 11) is 0. The van der Waals surface area contributed by atoms with Gasteiger partial charge in [-0.3, -0.25) is 0 Å². The number of halogens is 2. The Labute approximate surface area is 109 Å². The molecule has 0 atom stereocenters. The zero-order valence-electron chi connectivity index (χ0n) is 10.5. The molecular weight excluding hydrogens is 256 g/mol. The van der Waals surface area contributed by atoms with E-state index in [1.54, 1.807) is 0 Å². The van der Waals surface area contributed by atoms with Crippen molar-refractivity contribution >= 4 is 11.7 Å². The van der Waals surface area contributed by atoms with Gasteiger partial charge in [0.2, 0.25) is 0 Å². The maximum atomic E-state index is 13.8. The Morgan fingerprint density at radius 1 is 1.32 bits per heavy atom. The lowest BCUT2D eigenvalue weighted by atomic mass is 9.92. The van der Waals surface area contributed by atoms with E-state index < -0.39 is 28.7 Å². The molecule has 0 aromatic heterocycles. The number of anilines is 1. The van der Waals surface area contributed by atoms with Gasteiger partial charge < -0.3 is 15.2 Å². The third kappa shape index (κ3) is 3.01. The fraction of sp³-hybridized carbons (Fsp3) is 0.462. The second kappa shape index (κ2) is 5.13. The van der Waals surface area contributed by atoms with E-state index in [0.29, 0.717) is 26.1 Å². The second-order valence-corrected chi connectivity index (χ2v) is 4.92. The molecule has 1 aromatic carbocycles. The first-order chi connectivity index (χ1) is 8.91. The number of nitrogens with one attached hydrogen (secondary N) is 1. The van der Waals surface area contributed by atoms with Crippen LogP contribution in [0.25, 0.3) is 0 Å². The Hall–Kier alpha value is -1.69. The van der Waals surface area contributed by atoms with Gasteiger partial charge in [0, 0.05) is 18.8 Å². The number of aromatic carboxylic acids is 1. The van der Waals surface area contributed by atoms with E-state index in [4.69, 9.17) is 9.84 Å². The number of ether oxygens (including phenoxy) is 1. The molecule has 1 fully saturated rings. The zero-order valence-corrected chi connectivity index (χ0v) is 10.5. The van der Waals surface area contributed by atoms with Gasteiger partial charge in [0.25, 0.3) is 0 Å². The molecule has 0 bridgehead atoms. The van der Waals surface area contributed by atoms with E-state index in [1.807, 2.05) is 6.92 Å². The number of rotatable bonds is 3. The van der Waals surface area contributed by atoms with Crippen LogP contribution in [0.4, 0.5) is 14.5 Å². The maximum Gasteiger partial charge on any atom is 0.335 e. The lowest BCUT2D eigenvalue weighted by Gasteiger charge is -2.35. The average molecular weight is 271 g/mol. The predicted octanol–water partition coefficient (Wildman–Crippen LogP) is 2.64. The molecule has 1 heterocycles. The summed E-state index contributed by atoms with van der Waals surface area (Å²) in [6.45, 7) is 2.92. The molecule has 0 unspecified atom stereocenters. The molecule has 2 N–H and O–H groups in total. The molecule has 1 aliphatic heterocycles. The summed E-state index contributed by atoms with van der Waals surface area (Å²) in [4.78, 5) is 10.7. The molecule has 1 aromatic rings. The van der Waals surface area contributed by atoms with Crippen molar-refractivity contribution < 1.29 is 23.4 Å². The Morgan fingerprint density at radius 3 is 2.32 bits per heavy atom. The fourth-order valence-electron chi connectivity index (χ4n) is 2.06. The summed E-state index contributed by atoms with van der Waals surface area (Å²) in [5, 5.41) is 11.6. The summed E-state index contributed by atoms with van der Waals surface area (Å²) < 4.78 is 32.8. The minimum atomic E-state index is -1.36. The van der Waals surface area contributed by atoms with Gasteiger partial charge in [-0.1, -0.05) is 0 Å². The Balaban J connectivity index is 2.27. The second-order valence-electron chi connectivity index (χ2n) is 4.92. The Morgan fingerprint density at radius 2 is 1.84 bits per heavy atom. The van der Waals surface area contributed by atoms with Crippen LogP contribution in [0.15, 0.2) is 12.1 Å². The third-order valence-electron chi connectivity index (χ3n) is 3.31. The van der Waals surface area contributed by atoms with Crippen LogP contribution in [-0.2, 0) is 4.74 Å². The van der Waals surface area contributed by atoms with Crippen molar-refractivity contribution in [2.45, 2.75) is 25.3 Å². The number of hydrogen-bond acceptors (Lipinski definition) is 3. The molecule has 104 valence electrons. The van der Waals surface area contributed by atoms with Gasteiger partial charge in [0.15, 0.2) is 0 Å². The molecule has 0 radical (unpaired) electrons. The molecule has 0 amide bonds. The van der Waals surface area contributed by atoms with Crippen LogP contribution in [0.5, 0.6) is 0 Å². The molecular formula is C13H15F2NO3. The van der Waals surface area contributed by atoms with Gasteiger partial charge in [-0.25, -0.2) is 13.6 Å². The summed E-state index contributed by atoms with van der Waals surface area (Å²) in [6.07, 6.45) is 1.26. The molecule has 2 rings (SSSR count). The summed E-state index contributed by atoms with van der Waals surface area (Å²) in [6, 6.07) is 1.63. The highest BCUT2D eigenvalue weighted by atomic mass is 19.1. The van der Waals surface area contributed by atoms with Crippen LogP contribution in [0, 0.1) is 11.6 Å². The maximum absolute atomic E-state index is 13.8. The quantitative estimate of drug-likeness (QED) is 0.887. The van der Waals surface area contributed by atoms with Gasteiger partial charge in [-0.15, -0.1) is 0 Å². The highest BCUT2D eigenvalue weighted by Crippen LogP contribution is 2.29. The van der Waals surface area contributed by atoms with Crippen LogP contribution in [0.3, 0.4) is 0 Å². The standard InChI is InChI=1S/C13H15F2NO3/c1-13(2-4-19-5-3-13)16-11-9(14)6-8(12(17)18)7-10(11)15/h6-7,16H,2-5H2,1H3,(H,17,18). The van der Waals surface area contributed by atoms with E-state index in [2.05, 4.69) is 5.32 Å². The number of benzene rings is 1. The molecule has 19 heavy (non-hydrogen) atoms. The van der Waals surface area contributed by atoms with Gasteiger partial charge >= 0.3 is 5.97 Å². The Bertz CT molecular complexity index is 476. The average Bonchev–Trinajstić information content (AvgIpc) is 2.34. The van der Waals surface area contributed by atoms with Crippen molar-refractivity contribution in [1.82, 2.24) is 0 Å². The third-order valence-corrected chi connectivity index (χ3v) is 3.31. The molecule has 1 aliphatic rings. The predicted molar refractivity (Wildman–Crippen MR) is 65.4 cm³/mol. The van der Waals surface area contributed by atoms with Crippen molar-refractivity contribution in [2.75, 3.05) is 18.5 Å². The van der Waals surface area contributed by atoms with Crippen LogP contribution >= 0.6 is 0 Å². The van der Waals surface area contributed by atoms with E-state index in [0.717, 1.165) is 12.1 Å². The van der Waals surface area contributed by atoms with Crippen molar-refractivity contribution in [3.05, 3.63) is 29.3 Å². The SMILES string of the molecule is CC1(Nc2c(F)cc(C(=O)O)cc2F)CCOCC1. The van der Waals surface area contributed by atoms with E-state index in [-0.39, 0.29) is 5.69 Å². The Kier molecular flexibility index (Phi) is 3.71. The lowest BCUT2D eigenvalue weighted by Crippen LogP contribution is -2.41. The van der Waals surface area contributed by atoms with Gasteiger partial charge in [0.1, 0.15) is 17.3 Å². The summed E-state index contributed by atoms with van der Waals surface area (Å²) >= 11 is 0. The first-order valence-electron chi connectivity index (χ1n) is 5.99. The number of carboxylic acids is 1. The monoisotopic (exact) mass is 271 g/mol. The minimum absolute atomic E-state index is 0.283. The first kappa shape index (κ1) is 13.7. The highest BCUT2D eigenvalue weighted by Gasteiger charge is 2.29. The van der Waals surface area contributed by atoms with Crippen LogP contribution < -0.4 is 5.32 Å². The fourth-order valence-corrected chi connectivity index (χ4v) is 2.06. The molecule has 0 saturated carbocycles. The van der Waals surface area contributed by atoms with Gasteiger partial charge in [-0.05, 0) is 31.9 Å². The smallest absolute Gasteiger partial charge is 0.335 e. The minimum Gasteiger partial charge on any atom is -0.478 e. The van der Waals surface area contributed by atoms with Crippen LogP contribution in [0.1, 0.15) is 30.1 Å². The molecule has 6 heteroatoms. The molecule has 4 nitrogen and oxygen atoms in total. The van der Waals surface area contributed by atoms with Crippen molar-refractivity contribution in [2.24, 2.45) is 0 Å². The lowest BCUT2D eigenvalue weighted by molar-refractivity contribution is 0.0656. The zero-order chi connectivity index (χ0) is 14.0. The molecule has 0 spiro atoms. The van der Waals surface area contributed by atoms with Crippen LogP contribution in [0.2, 0.25) is 0 Å². The van der Waals surface area contributed by atoms with Crippen LogP contribution in [-0.4, -0.2) is 29.8 Å². The van der Waals surface area contributed by atoms with Crippen molar-refractivity contribution in [3.8, 4) is 0 Å².